The number of hydrogen-bond donors (Lipinski definition) is 2. The molecule has 1 aromatic carbocycles. The third-order valence-corrected chi connectivity index (χ3v) is 4.69. The first-order chi connectivity index (χ1) is 13.0. The van der Waals surface area contributed by atoms with Gasteiger partial charge in [-0.25, -0.2) is 4.79 Å². The number of fused-ring (bicyclic) bond motifs is 3. The second kappa shape index (κ2) is 7.79. The molecule has 1 aliphatic rings. The topological polar surface area (TPSA) is 115 Å². The van der Waals surface area contributed by atoms with Crippen LogP contribution in [-0.2, 0) is 22.4 Å². The summed E-state index contributed by atoms with van der Waals surface area (Å²) in [6.45, 7) is 2.83. The van der Waals surface area contributed by atoms with Gasteiger partial charge in [0.05, 0.1) is 25.2 Å². The van der Waals surface area contributed by atoms with E-state index in [4.69, 9.17) is 13.9 Å². The maximum atomic E-state index is 12.5. The van der Waals surface area contributed by atoms with Crippen molar-refractivity contribution in [2.45, 2.75) is 26.2 Å². The second-order valence-corrected chi connectivity index (χ2v) is 6.36. The lowest BCUT2D eigenvalue weighted by molar-refractivity contribution is -0.120. The molecule has 0 saturated carbocycles. The smallest absolute Gasteiger partial charge is 0.340 e. The Labute approximate surface area is 155 Å². The normalized spacial score (nSPS) is 13.1. The molecule has 3 rings (SSSR count). The van der Waals surface area contributed by atoms with Gasteiger partial charge in [-0.15, -0.1) is 0 Å². The molecule has 0 spiro atoms. The van der Waals surface area contributed by atoms with Gasteiger partial charge >= 0.3 is 5.63 Å². The monoisotopic (exact) mass is 375 g/mol. The predicted octanol–water partition coefficient (Wildman–Crippen LogP) is 1.25. The molecular formula is C19H21NO7. The van der Waals surface area contributed by atoms with Crippen molar-refractivity contribution in [1.82, 2.24) is 5.32 Å². The molecule has 1 amide bonds. The van der Waals surface area contributed by atoms with E-state index in [1.165, 1.54) is 7.11 Å². The van der Waals surface area contributed by atoms with Gasteiger partial charge in [0, 0.05) is 24.6 Å². The lowest BCUT2D eigenvalue weighted by Gasteiger charge is -2.22. The molecular weight excluding hydrogens is 354 g/mol. The van der Waals surface area contributed by atoms with E-state index >= 15 is 0 Å². The molecule has 0 radical (unpaired) electrons. The van der Waals surface area contributed by atoms with Crippen LogP contribution < -0.4 is 15.7 Å². The summed E-state index contributed by atoms with van der Waals surface area (Å²) in [5.41, 5.74) is 0.642. The molecule has 1 aliphatic heterocycles. The van der Waals surface area contributed by atoms with Gasteiger partial charge in [-0.05, 0) is 25.3 Å². The van der Waals surface area contributed by atoms with E-state index < -0.39 is 5.63 Å². The lowest BCUT2D eigenvalue weighted by atomic mass is 9.92. The molecule has 0 atom stereocenters. The molecule has 8 heteroatoms. The predicted molar refractivity (Wildman–Crippen MR) is 96.7 cm³/mol. The number of aldehydes is 1. The van der Waals surface area contributed by atoms with Crippen molar-refractivity contribution in [3.8, 4) is 11.5 Å². The number of amides is 1. The van der Waals surface area contributed by atoms with Gasteiger partial charge in [0.15, 0.2) is 23.4 Å². The summed E-state index contributed by atoms with van der Waals surface area (Å²) in [5.74, 6) is -0.413. The van der Waals surface area contributed by atoms with Crippen LogP contribution in [0.2, 0.25) is 0 Å². The summed E-state index contributed by atoms with van der Waals surface area (Å²) in [7, 11) is 1.53. The van der Waals surface area contributed by atoms with Gasteiger partial charge in [0.1, 0.15) is 5.56 Å². The van der Waals surface area contributed by atoms with Crippen molar-refractivity contribution < 1.29 is 28.6 Å². The molecule has 2 N–H and O–H groups in total. The number of aryl methyl sites for hydroxylation is 2. The summed E-state index contributed by atoms with van der Waals surface area (Å²) >= 11 is 0. The first-order valence-electron chi connectivity index (χ1n) is 8.67. The first-order valence-corrected chi connectivity index (χ1v) is 8.67. The van der Waals surface area contributed by atoms with Crippen LogP contribution in [0.3, 0.4) is 0 Å². The number of hydrogen-bond acceptors (Lipinski definition) is 7. The van der Waals surface area contributed by atoms with Crippen molar-refractivity contribution in [1.29, 1.82) is 0 Å². The maximum absolute atomic E-state index is 12.5. The largest absolute Gasteiger partial charge is 0.504 e. The van der Waals surface area contributed by atoms with Crippen LogP contribution in [0, 0.1) is 6.92 Å². The Balaban J connectivity index is 2.15. The van der Waals surface area contributed by atoms with Crippen molar-refractivity contribution in [2.75, 3.05) is 26.9 Å². The highest BCUT2D eigenvalue weighted by Crippen LogP contribution is 2.43. The molecule has 0 unspecified atom stereocenters. The van der Waals surface area contributed by atoms with Gasteiger partial charge in [0.2, 0.25) is 5.91 Å². The van der Waals surface area contributed by atoms with E-state index in [9.17, 15) is 19.5 Å². The van der Waals surface area contributed by atoms with Gasteiger partial charge < -0.3 is 24.3 Å². The number of ether oxygens (including phenoxy) is 2. The molecule has 27 heavy (non-hydrogen) atoms. The zero-order chi connectivity index (χ0) is 19.6. The van der Waals surface area contributed by atoms with Gasteiger partial charge in [-0.1, -0.05) is 0 Å². The first kappa shape index (κ1) is 18.9. The number of phenolic OH excluding ortho intramolecular Hbond substituents is 1. The van der Waals surface area contributed by atoms with Crippen molar-refractivity contribution in [3.63, 3.8) is 0 Å². The maximum Gasteiger partial charge on any atom is 0.340 e. The molecule has 0 saturated heterocycles. The van der Waals surface area contributed by atoms with Crippen LogP contribution in [-0.4, -0.2) is 44.2 Å². The molecule has 2 aromatic rings. The number of methoxy groups -OCH3 is 1. The van der Waals surface area contributed by atoms with E-state index in [0.29, 0.717) is 49.0 Å². The molecule has 8 nitrogen and oxygen atoms in total. The minimum absolute atomic E-state index is 0.0257. The van der Waals surface area contributed by atoms with Crippen LogP contribution >= 0.6 is 0 Å². The van der Waals surface area contributed by atoms with Crippen molar-refractivity contribution in [3.05, 3.63) is 32.7 Å². The fourth-order valence-corrected chi connectivity index (χ4v) is 3.37. The molecule has 0 fully saturated rings. The van der Waals surface area contributed by atoms with Gasteiger partial charge in [-0.2, -0.15) is 0 Å². The Hall–Kier alpha value is -2.87. The summed E-state index contributed by atoms with van der Waals surface area (Å²) in [6, 6.07) is 0. The highest BCUT2D eigenvalue weighted by Gasteiger charge is 2.27. The molecule has 1 aromatic heterocycles. The van der Waals surface area contributed by atoms with Gasteiger partial charge in [0.25, 0.3) is 0 Å². The molecule has 2 heterocycles. The fraction of sp³-hybridized carbons (Fsp3) is 0.421. The average molecular weight is 375 g/mol. The minimum Gasteiger partial charge on any atom is -0.504 e. The minimum atomic E-state index is -0.707. The van der Waals surface area contributed by atoms with Crippen molar-refractivity contribution >= 4 is 23.2 Å². The Kier molecular flexibility index (Phi) is 5.46. The number of aromatic hydroxyl groups is 1. The standard InChI is InChI=1S/C19H21NO7/c1-10-12(8-14(22)20-5-7-25-2)19(24)27-17-13(9-21)16(23)18-11(15(10)17)4-3-6-26-18/h9,23H,3-8H2,1-2H3,(H,20,22). The highest BCUT2D eigenvalue weighted by atomic mass is 16.5. The second-order valence-electron chi connectivity index (χ2n) is 6.36. The van der Waals surface area contributed by atoms with Crippen molar-refractivity contribution in [2.24, 2.45) is 0 Å². The van der Waals surface area contributed by atoms with Crippen LogP contribution in [0.1, 0.15) is 33.5 Å². The van der Waals surface area contributed by atoms with E-state index in [-0.39, 0.29) is 40.5 Å². The van der Waals surface area contributed by atoms with E-state index in [1.807, 2.05) is 0 Å². The molecule has 144 valence electrons. The number of benzene rings is 1. The Morgan fingerprint density at radius 1 is 1.41 bits per heavy atom. The van der Waals surface area contributed by atoms with Crippen LogP contribution in [0.25, 0.3) is 11.0 Å². The Morgan fingerprint density at radius 2 is 2.19 bits per heavy atom. The number of carbonyl (C=O) groups excluding carboxylic acids is 2. The summed E-state index contributed by atoms with van der Waals surface area (Å²) in [6.07, 6.45) is 1.62. The van der Waals surface area contributed by atoms with Gasteiger partial charge in [-0.3, -0.25) is 9.59 Å². The van der Waals surface area contributed by atoms with E-state index in [2.05, 4.69) is 5.32 Å². The third kappa shape index (κ3) is 3.40. The highest BCUT2D eigenvalue weighted by molar-refractivity contribution is 6.02. The number of rotatable bonds is 6. The summed E-state index contributed by atoms with van der Waals surface area (Å²) < 4.78 is 15.8. The van der Waals surface area contributed by atoms with E-state index in [1.54, 1.807) is 6.92 Å². The number of phenols is 1. The number of nitrogens with one attached hydrogen (secondary N) is 1. The molecule has 0 bridgehead atoms. The molecule has 0 aliphatic carbocycles. The van der Waals surface area contributed by atoms with E-state index in [0.717, 1.165) is 6.42 Å². The SMILES string of the molecule is COCCNC(=O)Cc1c(C)c2c3c(c(O)c(C=O)c2oc1=O)OCCC3. The quantitative estimate of drug-likeness (QED) is 0.443. The Bertz CT molecular complexity index is 961. The van der Waals surface area contributed by atoms with Crippen LogP contribution in [0.4, 0.5) is 0 Å². The Morgan fingerprint density at radius 3 is 2.89 bits per heavy atom. The zero-order valence-electron chi connectivity index (χ0n) is 15.2. The third-order valence-electron chi connectivity index (χ3n) is 4.69. The zero-order valence-corrected chi connectivity index (χ0v) is 15.2. The van der Waals surface area contributed by atoms with Crippen LogP contribution in [0.5, 0.6) is 11.5 Å². The average Bonchev–Trinajstić information content (AvgIpc) is 2.65. The number of carbonyl (C=O) groups is 2. The lowest BCUT2D eigenvalue weighted by Crippen LogP contribution is -2.30. The summed E-state index contributed by atoms with van der Waals surface area (Å²) in [4.78, 5) is 36.1. The fourth-order valence-electron chi connectivity index (χ4n) is 3.37. The van der Waals surface area contributed by atoms with Crippen LogP contribution in [0.15, 0.2) is 9.21 Å². The summed E-state index contributed by atoms with van der Waals surface area (Å²) in [5, 5.41) is 13.6.